The number of amides is 2. The molecule has 1 N–H and O–H groups in total. The van der Waals surface area contributed by atoms with Gasteiger partial charge in [0.05, 0.1) is 25.4 Å². The van der Waals surface area contributed by atoms with Crippen LogP contribution in [-0.4, -0.2) is 38.8 Å². The number of hydrogen-bond acceptors (Lipinski definition) is 4. The summed E-state index contributed by atoms with van der Waals surface area (Å²) in [5.74, 6) is 2.10. The van der Waals surface area contributed by atoms with Crippen molar-refractivity contribution in [2.75, 3.05) is 18.5 Å². The number of anilines is 1. The van der Waals surface area contributed by atoms with Crippen molar-refractivity contribution in [2.24, 2.45) is 5.92 Å². The third-order valence-electron chi connectivity index (χ3n) is 4.41. The second kappa shape index (κ2) is 6.34. The molecule has 2 aromatic rings. The molecular formula is C17H20FN5O2. The Hall–Kier alpha value is -2.64. The van der Waals surface area contributed by atoms with Gasteiger partial charge in [0.25, 0.3) is 0 Å². The van der Waals surface area contributed by atoms with Crippen molar-refractivity contribution in [1.82, 2.24) is 19.7 Å². The van der Waals surface area contributed by atoms with E-state index >= 15 is 0 Å². The van der Waals surface area contributed by atoms with Crippen LogP contribution in [0.4, 0.5) is 14.9 Å². The third-order valence-corrected chi connectivity index (χ3v) is 4.41. The van der Waals surface area contributed by atoms with E-state index < -0.39 is 5.82 Å². The lowest BCUT2D eigenvalue weighted by Gasteiger charge is -2.27. The van der Waals surface area contributed by atoms with E-state index in [1.54, 1.807) is 11.0 Å². The van der Waals surface area contributed by atoms with Crippen molar-refractivity contribution in [2.45, 2.75) is 32.9 Å². The number of aryl methyl sites for hydroxylation is 1. The zero-order chi connectivity index (χ0) is 17.4. The van der Waals surface area contributed by atoms with E-state index in [9.17, 15) is 9.18 Å². The number of ether oxygens (including phenoxy) is 1. The summed E-state index contributed by atoms with van der Waals surface area (Å²) in [5.41, 5.74) is 0.355. The summed E-state index contributed by atoms with van der Waals surface area (Å²) in [6.07, 6.45) is 2.33. The fourth-order valence-electron chi connectivity index (χ4n) is 2.85. The lowest BCUT2D eigenvalue weighted by molar-refractivity contribution is 0.193. The van der Waals surface area contributed by atoms with Crippen molar-refractivity contribution in [1.29, 1.82) is 0 Å². The normalized spacial score (nSPS) is 16.5. The van der Waals surface area contributed by atoms with Gasteiger partial charge in [0, 0.05) is 12.6 Å². The van der Waals surface area contributed by atoms with Gasteiger partial charge in [-0.15, -0.1) is 0 Å². The Labute approximate surface area is 144 Å². The number of rotatable bonds is 4. The molecule has 2 heterocycles. The number of fused-ring (bicyclic) bond motifs is 1. The van der Waals surface area contributed by atoms with E-state index in [0.29, 0.717) is 49.4 Å². The van der Waals surface area contributed by atoms with Crippen molar-refractivity contribution in [3.05, 3.63) is 35.7 Å². The van der Waals surface area contributed by atoms with E-state index in [1.807, 2.05) is 11.6 Å². The van der Waals surface area contributed by atoms with Gasteiger partial charge in [-0.25, -0.2) is 18.9 Å². The van der Waals surface area contributed by atoms with E-state index in [1.165, 1.54) is 12.1 Å². The summed E-state index contributed by atoms with van der Waals surface area (Å²) in [6, 6.07) is 3.89. The predicted molar refractivity (Wildman–Crippen MR) is 88.8 cm³/mol. The first-order valence-corrected chi connectivity index (χ1v) is 8.47. The molecule has 0 radical (unpaired) electrons. The average Bonchev–Trinajstić information content (AvgIpc) is 3.33. The molecule has 2 aliphatic rings. The van der Waals surface area contributed by atoms with E-state index in [2.05, 4.69) is 15.4 Å². The van der Waals surface area contributed by atoms with Crippen LogP contribution in [0.25, 0.3) is 0 Å². The monoisotopic (exact) mass is 345 g/mol. The van der Waals surface area contributed by atoms with Crippen LogP contribution >= 0.6 is 0 Å². The zero-order valence-electron chi connectivity index (χ0n) is 14.0. The highest BCUT2D eigenvalue weighted by molar-refractivity contribution is 5.91. The van der Waals surface area contributed by atoms with E-state index in [4.69, 9.17) is 4.74 Å². The molecular weight excluding hydrogens is 325 g/mol. The first kappa shape index (κ1) is 15.9. The highest BCUT2D eigenvalue weighted by atomic mass is 19.1. The number of nitrogens with zero attached hydrogens (tertiary/aromatic N) is 4. The van der Waals surface area contributed by atoms with Gasteiger partial charge in [-0.3, -0.25) is 0 Å². The molecule has 2 amide bonds. The maximum Gasteiger partial charge on any atom is 0.322 e. The minimum absolute atomic E-state index is 0.297. The minimum Gasteiger partial charge on any atom is -0.491 e. The number of halogens is 1. The molecule has 4 rings (SSSR count). The van der Waals surface area contributed by atoms with Crippen molar-refractivity contribution < 1.29 is 13.9 Å². The molecule has 1 aliphatic heterocycles. The van der Waals surface area contributed by atoms with Crippen LogP contribution < -0.4 is 10.1 Å². The van der Waals surface area contributed by atoms with E-state index in [-0.39, 0.29) is 6.03 Å². The van der Waals surface area contributed by atoms with Crippen LogP contribution in [0, 0.1) is 18.7 Å². The maximum atomic E-state index is 13.6. The lowest BCUT2D eigenvalue weighted by Crippen LogP contribution is -2.41. The summed E-state index contributed by atoms with van der Waals surface area (Å²) in [6.45, 7) is 3.92. The minimum atomic E-state index is -0.414. The summed E-state index contributed by atoms with van der Waals surface area (Å²) < 4.78 is 21.2. The number of benzene rings is 1. The van der Waals surface area contributed by atoms with Crippen LogP contribution in [0.15, 0.2) is 18.2 Å². The summed E-state index contributed by atoms with van der Waals surface area (Å²) >= 11 is 0. The van der Waals surface area contributed by atoms with Gasteiger partial charge in [0.15, 0.2) is 0 Å². The smallest absolute Gasteiger partial charge is 0.322 e. The molecule has 0 atom stereocenters. The summed E-state index contributed by atoms with van der Waals surface area (Å²) in [5, 5.41) is 7.05. The third kappa shape index (κ3) is 3.57. The Morgan fingerprint density at radius 1 is 1.40 bits per heavy atom. The van der Waals surface area contributed by atoms with Gasteiger partial charge in [0.1, 0.15) is 23.2 Å². The fourth-order valence-corrected chi connectivity index (χ4v) is 2.85. The van der Waals surface area contributed by atoms with Gasteiger partial charge in [0.2, 0.25) is 0 Å². The number of hydrogen-bond donors (Lipinski definition) is 1. The Balaban J connectivity index is 1.45. The molecule has 1 saturated carbocycles. The molecule has 132 valence electrons. The maximum absolute atomic E-state index is 13.6. The molecule has 0 spiro atoms. The quantitative estimate of drug-likeness (QED) is 0.924. The molecule has 7 nitrogen and oxygen atoms in total. The largest absolute Gasteiger partial charge is 0.491 e. The molecule has 1 aromatic heterocycles. The Bertz CT molecular complexity index is 802. The Morgan fingerprint density at radius 3 is 3.04 bits per heavy atom. The highest BCUT2D eigenvalue weighted by Crippen LogP contribution is 2.32. The molecule has 25 heavy (non-hydrogen) atoms. The molecule has 0 saturated heterocycles. The molecule has 0 bridgehead atoms. The number of urea groups is 1. The van der Waals surface area contributed by atoms with Gasteiger partial charge in [-0.2, -0.15) is 5.10 Å². The van der Waals surface area contributed by atoms with Crippen molar-refractivity contribution in [3.8, 4) is 5.75 Å². The number of aromatic nitrogens is 3. The van der Waals surface area contributed by atoms with Crippen molar-refractivity contribution in [3.63, 3.8) is 0 Å². The van der Waals surface area contributed by atoms with Crippen LogP contribution in [0.2, 0.25) is 0 Å². The number of carbonyl (C=O) groups excluding carboxylic acids is 1. The zero-order valence-corrected chi connectivity index (χ0v) is 14.0. The second-order valence-corrected chi connectivity index (χ2v) is 6.54. The topological polar surface area (TPSA) is 72.3 Å². The number of nitrogens with one attached hydrogen (secondary N) is 1. The average molecular weight is 345 g/mol. The lowest BCUT2D eigenvalue weighted by atomic mass is 10.2. The first-order valence-electron chi connectivity index (χ1n) is 8.47. The van der Waals surface area contributed by atoms with Crippen LogP contribution in [0.1, 0.15) is 24.5 Å². The second-order valence-electron chi connectivity index (χ2n) is 6.54. The predicted octanol–water partition coefficient (Wildman–Crippen LogP) is 2.56. The van der Waals surface area contributed by atoms with Gasteiger partial charge in [-0.05, 0) is 37.8 Å². The number of carbonyl (C=O) groups is 1. The van der Waals surface area contributed by atoms with Crippen LogP contribution in [0.3, 0.4) is 0 Å². The van der Waals surface area contributed by atoms with Gasteiger partial charge < -0.3 is 15.0 Å². The molecule has 1 fully saturated rings. The van der Waals surface area contributed by atoms with Crippen molar-refractivity contribution >= 4 is 11.7 Å². The van der Waals surface area contributed by atoms with Crippen LogP contribution in [-0.2, 0) is 13.1 Å². The highest BCUT2D eigenvalue weighted by Gasteiger charge is 2.25. The molecule has 0 unspecified atom stereocenters. The Kier molecular flexibility index (Phi) is 4.03. The standard InChI is InChI=1S/C17H20FN5O2/c1-11-19-16-9-22(6-7-23(16)21-11)17(24)20-14-8-13(18)4-5-15(14)25-10-12-2-3-12/h4-5,8,12H,2-3,6-7,9-10H2,1H3,(H,20,24). The summed E-state index contributed by atoms with van der Waals surface area (Å²) in [4.78, 5) is 18.5. The molecule has 1 aliphatic carbocycles. The first-order chi connectivity index (χ1) is 12.1. The SMILES string of the molecule is Cc1nc2n(n1)CCN(C(=O)Nc1cc(F)ccc1OCC1CC1)C2. The summed E-state index contributed by atoms with van der Waals surface area (Å²) in [7, 11) is 0. The Morgan fingerprint density at radius 2 is 2.24 bits per heavy atom. The molecule has 8 heteroatoms. The van der Waals surface area contributed by atoms with Gasteiger partial charge >= 0.3 is 6.03 Å². The fraction of sp³-hybridized carbons (Fsp3) is 0.471. The van der Waals surface area contributed by atoms with Crippen LogP contribution in [0.5, 0.6) is 5.75 Å². The van der Waals surface area contributed by atoms with Gasteiger partial charge in [-0.1, -0.05) is 0 Å². The molecule has 1 aromatic carbocycles. The van der Waals surface area contributed by atoms with E-state index in [0.717, 1.165) is 18.7 Å².